The number of amides is 2. The van der Waals surface area contributed by atoms with Crippen LogP contribution >= 0.6 is 23.2 Å². The maximum atomic E-state index is 14.2. The van der Waals surface area contributed by atoms with Gasteiger partial charge in [-0.2, -0.15) is 0 Å². The van der Waals surface area contributed by atoms with Crippen molar-refractivity contribution >= 4 is 50.7 Å². The molecule has 0 aromatic heterocycles. The molecule has 0 radical (unpaired) electrons. The Labute approximate surface area is 262 Å². The average molecular weight is 653 g/mol. The Kier molecular flexibility index (Phi) is 12.2. The van der Waals surface area contributed by atoms with Gasteiger partial charge in [0.05, 0.1) is 17.2 Å². The molecule has 8 nitrogen and oxygen atoms in total. The molecule has 3 aromatic carbocycles. The molecule has 0 saturated heterocycles. The zero-order chi connectivity index (χ0) is 31.7. The van der Waals surface area contributed by atoms with E-state index in [2.05, 4.69) is 5.32 Å². The molecule has 0 aliphatic carbocycles. The summed E-state index contributed by atoms with van der Waals surface area (Å²) in [6.45, 7) is 6.96. The van der Waals surface area contributed by atoms with Crippen molar-refractivity contribution in [1.29, 1.82) is 0 Å². The monoisotopic (exact) mass is 651 g/mol. The second-order valence-corrected chi connectivity index (χ2v) is 12.5. The molecule has 0 spiro atoms. The zero-order valence-electron chi connectivity index (χ0n) is 24.5. The molecule has 0 bridgehead atoms. The Bertz CT molecular complexity index is 1480. The number of hydrogen-bond acceptors (Lipinski definition) is 5. The molecule has 0 saturated carbocycles. The predicted octanol–water partition coefficient (Wildman–Crippen LogP) is 6.45. The van der Waals surface area contributed by atoms with Crippen LogP contribution in [0, 0.1) is 5.82 Å². The molecule has 12 heteroatoms. The number of nitrogens with one attached hydrogen (secondary N) is 1. The lowest BCUT2D eigenvalue weighted by molar-refractivity contribution is -0.140. The van der Waals surface area contributed by atoms with Gasteiger partial charge >= 0.3 is 0 Å². The lowest BCUT2D eigenvalue weighted by Gasteiger charge is -2.34. The standard InChI is InChI=1S/C31H36Cl2FN3O5S/c1-5-21(4)35-31(39)29(6-2)36(19-26-27(32)9-8-10-28(26)33)30(38)20-37(23-13-15-24(16-14-23)42-7-3)43(40,41)25-17-11-22(34)12-18-25/h8-18,21,29H,5-7,19-20H2,1-4H3,(H,35,39)/t21-,29+/m1/s1. The molecular weight excluding hydrogens is 616 g/mol. The summed E-state index contributed by atoms with van der Waals surface area (Å²) in [6, 6.07) is 14.3. The van der Waals surface area contributed by atoms with E-state index in [9.17, 15) is 22.4 Å². The lowest BCUT2D eigenvalue weighted by Crippen LogP contribution is -2.53. The van der Waals surface area contributed by atoms with Gasteiger partial charge in [0, 0.05) is 28.2 Å². The molecule has 0 aliphatic heterocycles. The number of hydrogen-bond donors (Lipinski definition) is 1. The van der Waals surface area contributed by atoms with Gasteiger partial charge in [-0.25, -0.2) is 12.8 Å². The van der Waals surface area contributed by atoms with E-state index in [1.54, 1.807) is 37.3 Å². The van der Waals surface area contributed by atoms with Crippen molar-refractivity contribution in [3.63, 3.8) is 0 Å². The van der Waals surface area contributed by atoms with E-state index in [4.69, 9.17) is 27.9 Å². The van der Waals surface area contributed by atoms with Crippen molar-refractivity contribution in [3.05, 3.63) is 88.2 Å². The Balaban J connectivity index is 2.10. The van der Waals surface area contributed by atoms with Gasteiger partial charge in [-0.15, -0.1) is 0 Å². The Morgan fingerprint density at radius 3 is 2.07 bits per heavy atom. The van der Waals surface area contributed by atoms with Crippen LogP contribution in [0.15, 0.2) is 71.6 Å². The summed E-state index contributed by atoms with van der Waals surface area (Å²) < 4.78 is 47.9. The number of nitrogens with zero attached hydrogens (tertiary/aromatic N) is 2. The maximum Gasteiger partial charge on any atom is 0.264 e. The fourth-order valence-electron chi connectivity index (χ4n) is 4.35. The quantitative estimate of drug-likeness (QED) is 0.216. The number of rotatable bonds is 14. The fourth-order valence-corrected chi connectivity index (χ4v) is 6.28. The molecule has 2 atom stereocenters. The third kappa shape index (κ3) is 8.61. The fraction of sp³-hybridized carbons (Fsp3) is 0.355. The number of anilines is 1. The highest BCUT2D eigenvalue weighted by atomic mass is 35.5. The largest absolute Gasteiger partial charge is 0.494 e. The van der Waals surface area contributed by atoms with Gasteiger partial charge in [0.15, 0.2) is 0 Å². The predicted molar refractivity (Wildman–Crippen MR) is 168 cm³/mol. The van der Waals surface area contributed by atoms with Crippen molar-refractivity contribution in [2.75, 3.05) is 17.5 Å². The normalized spacial score (nSPS) is 12.7. The van der Waals surface area contributed by atoms with E-state index >= 15 is 0 Å². The summed E-state index contributed by atoms with van der Waals surface area (Å²) in [5, 5.41) is 3.51. The van der Waals surface area contributed by atoms with E-state index in [1.165, 1.54) is 17.0 Å². The van der Waals surface area contributed by atoms with Crippen molar-refractivity contribution in [3.8, 4) is 5.75 Å². The summed E-state index contributed by atoms with van der Waals surface area (Å²) in [5.41, 5.74) is 0.594. The van der Waals surface area contributed by atoms with E-state index in [0.717, 1.165) is 28.6 Å². The first-order chi connectivity index (χ1) is 20.4. The maximum absolute atomic E-state index is 14.2. The Morgan fingerprint density at radius 2 is 1.53 bits per heavy atom. The molecule has 3 rings (SSSR count). The summed E-state index contributed by atoms with van der Waals surface area (Å²) >= 11 is 12.9. The summed E-state index contributed by atoms with van der Waals surface area (Å²) in [5.74, 6) is -1.15. The second-order valence-electron chi connectivity index (χ2n) is 9.86. The Hall–Kier alpha value is -3.34. The summed E-state index contributed by atoms with van der Waals surface area (Å²) in [6.07, 6.45) is 0.914. The van der Waals surface area contributed by atoms with Gasteiger partial charge in [0.2, 0.25) is 11.8 Å². The minimum absolute atomic E-state index is 0.141. The molecule has 1 N–H and O–H groups in total. The molecule has 0 fully saturated rings. The molecular formula is C31H36Cl2FN3O5S. The SMILES string of the molecule is CCOc1ccc(N(CC(=O)N(Cc2c(Cl)cccc2Cl)[C@@H](CC)C(=O)N[C@H](C)CC)S(=O)(=O)c2ccc(F)cc2)cc1. The van der Waals surface area contributed by atoms with E-state index in [-0.39, 0.29) is 35.5 Å². The first-order valence-electron chi connectivity index (χ1n) is 14.0. The van der Waals surface area contributed by atoms with Crippen LogP contribution in [-0.4, -0.2) is 50.4 Å². The van der Waals surface area contributed by atoms with Gasteiger partial charge in [0.1, 0.15) is 24.2 Å². The lowest BCUT2D eigenvalue weighted by atomic mass is 10.1. The number of sulfonamides is 1. The van der Waals surface area contributed by atoms with Gasteiger partial charge in [0.25, 0.3) is 10.0 Å². The molecule has 0 aliphatic rings. The minimum Gasteiger partial charge on any atom is -0.494 e. The first kappa shape index (κ1) is 34.2. The number of ether oxygens (including phenoxy) is 1. The molecule has 0 unspecified atom stereocenters. The van der Waals surface area contributed by atoms with E-state index in [1.807, 2.05) is 20.8 Å². The van der Waals surface area contributed by atoms with Gasteiger partial charge < -0.3 is 15.0 Å². The highest BCUT2D eigenvalue weighted by Crippen LogP contribution is 2.29. The Morgan fingerprint density at radius 1 is 0.930 bits per heavy atom. The van der Waals surface area contributed by atoms with Crippen LogP contribution in [0.25, 0.3) is 0 Å². The van der Waals surface area contributed by atoms with Crippen molar-refractivity contribution in [2.45, 2.75) is 64.1 Å². The third-order valence-corrected chi connectivity index (χ3v) is 9.39. The van der Waals surface area contributed by atoms with Gasteiger partial charge in [-0.05, 0) is 87.4 Å². The number of halogens is 3. The summed E-state index contributed by atoms with van der Waals surface area (Å²) in [7, 11) is -4.36. The van der Waals surface area contributed by atoms with Crippen LogP contribution in [0.5, 0.6) is 5.75 Å². The minimum atomic E-state index is -4.36. The molecule has 0 heterocycles. The van der Waals surface area contributed by atoms with E-state index in [0.29, 0.717) is 34.4 Å². The van der Waals surface area contributed by atoms with Gasteiger partial charge in [-0.1, -0.05) is 43.1 Å². The number of benzene rings is 3. The van der Waals surface area contributed by atoms with Crippen molar-refractivity contribution in [1.82, 2.24) is 10.2 Å². The van der Waals surface area contributed by atoms with Crippen LogP contribution in [0.3, 0.4) is 0 Å². The number of carbonyl (C=O) groups is 2. The molecule has 3 aromatic rings. The molecule has 43 heavy (non-hydrogen) atoms. The highest BCUT2D eigenvalue weighted by molar-refractivity contribution is 7.92. The summed E-state index contributed by atoms with van der Waals surface area (Å²) in [4.78, 5) is 28.7. The van der Waals surface area contributed by atoms with Crippen molar-refractivity contribution < 1.29 is 27.1 Å². The van der Waals surface area contributed by atoms with Crippen molar-refractivity contribution in [2.24, 2.45) is 0 Å². The van der Waals surface area contributed by atoms with E-state index < -0.39 is 34.3 Å². The zero-order valence-corrected chi connectivity index (χ0v) is 26.8. The van der Waals surface area contributed by atoms with Crippen LogP contribution in [0.1, 0.15) is 46.1 Å². The van der Waals surface area contributed by atoms with Crippen LogP contribution in [-0.2, 0) is 26.2 Å². The third-order valence-electron chi connectivity index (χ3n) is 6.89. The molecule has 232 valence electrons. The topological polar surface area (TPSA) is 96.0 Å². The molecule has 2 amide bonds. The van der Waals surface area contributed by atoms with Crippen LogP contribution in [0.4, 0.5) is 10.1 Å². The average Bonchev–Trinajstić information content (AvgIpc) is 2.97. The first-order valence-corrected chi connectivity index (χ1v) is 16.2. The van der Waals surface area contributed by atoms with Crippen LogP contribution < -0.4 is 14.4 Å². The van der Waals surface area contributed by atoms with Gasteiger partial charge in [-0.3, -0.25) is 13.9 Å². The number of carbonyl (C=O) groups excluding carboxylic acids is 2. The second kappa shape index (κ2) is 15.4. The smallest absolute Gasteiger partial charge is 0.264 e. The highest BCUT2D eigenvalue weighted by Gasteiger charge is 2.34. The van der Waals surface area contributed by atoms with Crippen LogP contribution in [0.2, 0.25) is 10.0 Å².